The average molecular weight is 431 g/mol. The number of rotatable bonds is 7. The van der Waals surface area contributed by atoms with Crippen LogP contribution >= 0.6 is 0 Å². The molecule has 168 valence electrons. The Morgan fingerprint density at radius 1 is 1.06 bits per heavy atom. The first-order valence-electron chi connectivity index (χ1n) is 11.1. The lowest BCUT2D eigenvalue weighted by molar-refractivity contribution is 0.0986. The SMILES string of the molecule is COc1ccc(C2CN(C)Cc3cc(OCC(F)CN4CCC(F)CC4)ccc32)cc1. The van der Waals surface area contributed by atoms with Crippen LogP contribution in [0.2, 0.25) is 0 Å². The molecule has 4 nitrogen and oxygen atoms in total. The third-order valence-electron chi connectivity index (χ3n) is 6.35. The summed E-state index contributed by atoms with van der Waals surface area (Å²) < 4.78 is 38.8. The van der Waals surface area contributed by atoms with Crippen LogP contribution < -0.4 is 9.47 Å². The van der Waals surface area contributed by atoms with Crippen molar-refractivity contribution in [1.82, 2.24) is 9.80 Å². The summed E-state index contributed by atoms with van der Waals surface area (Å²) >= 11 is 0. The number of alkyl halides is 2. The normalized spacial score (nSPS) is 21.5. The van der Waals surface area contributed by atoms with Gasteiger partial charge in [0.15, 0.2) is 0 Å². The van der Waals surface area contributed by atoms with Gasteiger partial charge < -0.3 is 19.3 Å². The van der Waals surface area contributed by atoms with Gasteiger partial charge in [0.25, 0.3) is 0 Å². The van der Waals surface area contributed by atoms with E-state index in [0.29, 0.717) is 38.2 Å². The molecule has 0 aromatic heterocycles. The highest BCUT2D eigenvalue weighted by atomic mass is 19.1. The Labute approximate surface area is 183 Å². The molecule has 0 amide bonds. The van der Waals surface area contributed by atoms with Gasteiger partial charge in [-0.05, 0) is 60.8 Å². The zero-order valence-electron chi connectivity index (χ0n) is 18.4. The van der Waals surface area contributed by atoms with Gasteiger partial charge in [0, 0.05) is 38.6 Å². The van der Waals surface area contributed by atoms with Gasteiger partial charge in [-0.2, -0.15) is 0 Å². The first-order chi connectivity index (χ1) is 15.0. The number of fused-ring (bicyclic) bond motifs is 1. The van der Waals surface area contributed by atoms with Crippen molar-refractivity contribution in [2.75, 3.05) is 46.9 Å². The molecular weight excluding hydrogens is 398 g/mol. The van der Waals surface area contributed by atoms with Crippen LogP contribution in [-0.2, 0) is 6.54 Å². The molecule has 2 unspecified atom stereocenters. The Kier molecular flexibility index (Phi) is 7.08. The molecule has 4 rings (SSSR count). The van der Waals surface area contributed by atoms with Crippen LogP contribution in [0.3, 0.4) is 0 Å². The van der Waals surface area contributed by atoms with Crippen molar-refractivity contribution in [3.63, 3.8) is 0 Å². The van der Waals surface area contributed by atoms with Gasteiger partial charge >= 0.3 is 0 Å². The number of halogens is 2. The summed E-state index contributed by atoms with van der Waals surface area (Å²) in [5, 5.41) is 0. The number of hydrogen-bond acceptors (Lipinski definition) is 4. The third-order valence-corrected chi connectivity index (χ3v) is 6.35. The minimum Gasteiger partial charge on any atom is -0.497 e. The van der Waals surface area contributed by atoms with E-state index >= 15 is 0 Å². The van der Waals surface area contributed by atoms with Gasteiger partial charge in [-0.1, -0.05) is 18.2 Å². The molecule has 1 fully saturated rings. The van der Waals surface area contributed by atoms with Gasteiger partial charge in [-0.15, -0.1) is 0 Å². The molecule has 2 aromatic carbocycles. The standard InChI is InChI=1S/C25H32F2N2O2/c1-28-14-19-13-23(31-17-21(27)15-29-11-9-20(26)10-12-29)7-8-24(19)25(16-28)18-3-5-22(30-2)6-4-18/h3-8,13,20-21,25H,9-12,14-17H2,1-2H3. The first-order valence-corrected chi connectivity index (χ1v) is 11.1. The predicted octanol–water partition coefficient (Wildman–Crippen LogP) is 4.42. The molecule has 2 aliphatic rings. The van der Waals surface area contributed by atoms with Crippen molar-refractivity contribution >= 4 is 0 Å². The van der Waals surface area contributed by atoms with Gasteiger partial charge in [0.05, 0.1) is 7.11 Å². The summed E-state index contributed by atoms with van der Waals surface area (Å²) in [5.74, 6) is 1.83. The largest absolute Gasteiger partial charge is 0.497 e. The van der Waals surface area contributed by atoms with E-state index in [1.54, 1.807) is 7.11 Å². The van der Waals surface area contributed by atoms with Crippen molar-refractivity contribution in [2.24, 2.45) is 0 Å². The Morgan fingerprint density at radius 2 is 1.77 bits per heavy atom. The second kappa shape index (κ2) is 9.96. The van der Waals surface area contributed by atoms with Gasteiger partial charge in [0.1, 0.15) is 30.4 Å². The number of nitrogens with zero attached hydrogens (tertiary/aromatic N) is 2. The van der Waals surface area contributed by atoms with E-state index in [-0.39, 0.29) is 12.5 Å². The molecule has 2 aliphatic heterocycles. The molecular formula is C25H32F2N2O2. The highest BCUT2D eigenvalue weighted by molar-refractivity contribution is 5.45. The highest BCUT2D eigenvalue weighted by Gasteiger charge is 2.26. The first kappa shape index (κ1) is 22.0. The van der Waals surface area contributed by atoms with E-state index in [1.165, 1.54) is 16.7 Å². The summed E-state index contributed by atoms with van der Waals surface area (Å²) in [4.78, 5) is 4.29. The van der Waals surface area contributed by atoms with Crippen LogP contribution in [-0.4, -0.2) is 69.1 Å². The van der Waals surface area contributed by atoms with Crippen LogP contribution in [0.1, 0.15) is 35.4 Å². The Balaban J connectivity index is 1.39. The molecule has 2 heterocycles. The van der Waals surface area contributed by atoms with Gasteiger partial charge in [0.2, 0.25) is 0 Å². The van der Waals surface area contributed by atoms with Crippen LogP contribution in [0.25, 0.3) is 0 Å². The Bertz CT molecular complexity index is 853. The fourth-order valence-electron chi connectivity index (χ4n) is 4.64. The Hall–Kier alpha value is -2.18. The summed E-state index contributed by atoms with van der Waals surface area (Å²) in [6.07, 6.45) is -0.814. The number of likely N-dealkylation sites (N-methyl/N-ethyl adjacent to an activating group) is 1. The fraction of sp³-hybridized carbons (Fsp3) is 0.520. The van der Waals surface area contributed by atoms with Crippen LogP contribution in [0.15, 0.2) is 42.5 Å². The van der Waals surface area contributed by atoms with E-state index in [0.717, 1.165) is 18.8 Å². The quantitative estimate of drug-likeness (QED) is 0.649. The maximum atomic E-state index is 14.4. The van der Waals surface area contributed by atoms with E-state index in [2.05, 4.69) is 30.1 Å². The molecule has 0 aliphatic carbocycles. The second-order valence-corrected chi connectivity index (χ2v) is 8.77. The molecule has 0 radical (unpaired) electrons. The van der Waals surface area contributed by atoms with E-state index in [1.807, 2.05) is 29.2 Å². The molecule has 1 saturated heterocycles. The highest BCUT2D eigenvalue weighted by Crippen LogP contribution is 2.35. The molecule has 0 bridgehead atoms. The van der Waals surface area contributed by atoms with Crippen molar-refractivity contribution in [3.05, 3.63) is 59.2 Å². The fourth-order valence-corrected chi connectivity index (χ4v) is 4.64. The zero-order valence-corrected chi connectivity index (χ0v) is 18.4. The van der Waals surface area contributed by atoms with Crippen LogP contribution in [0.4, 0.5) is 8.78 Å². The van der Waals surface area contributed by atoms with Gasteiger partial charge in [-0.25, -0.2) is 8.78 Å². The summed E-state index contributed by atoms with van der Waals surface area (Å²) in [5.41, 5.74) is 3.76. The lowest BCUT2D eigenvalue weighted by Crippen LogP contribution is -2.39. The zero-order chi connectivity index (χ0) is 21.8. The van der Waals surface area contributed by atoms with Crippen molar-refractivity contribution in [2.45, 2.75) is 37.6 Å². The number of methoxy groups -OCH3 is 1. The number of benzene rings is 2. The smallest absolute Gasteiger partial charge is 0.147 e. The molecule has 6 heteroatoms. The van der Waals surface area contributed by atoms with E-state index in [4.69, 9.17) is 9.47 Å². The molecule has 0 spiro atoms. The van der Waals surface area contributed by atoms with Crippen molar-refractivity contribution in [3.8, 4) is 11.5 Å². The topological polar surface area (TPSA) is 24.9 Å². The molecule has 0 N–H and O–H groups in total. The number of hydrogen-bond donors (Lipinski definition) is 0. The maximum Gasteiger partial charge on any atom is 0.147 e. The molecule has 2 atom stereocenters. The third kappa shape index (κ3) is 5.55. The maximum absolute atomic E-state index is 14.4. The molecule has 0 saturated carbocycles. The second-order valence-electron chi connectivity index (χ2n) is 8.77. The van der Waals surface area contributed by atoms with Crippen LogP contribution in [0, 0.1) is 0 Å². The van der Waals surface area contributed by atoms with E-state index in [9.17, 15) is 8.78 Å². The van der Waals surface area contributed by atoms with Gasteiger partial charge in [-0.3, -0.25) is 0 Å². The van der Waals surface area contributed by atoms with Crippen LogP contribution in [0.5, 0.6) is 11.5 Å². The summed E-state index contributed by atoms with van der Waals surface area (Å²) in [6.45, 7) is 3.36. The minimum atomic E-state index is -1.08. The van der Waals surface area contributed by atoms with Crippen molar-refractivity contribution < 1.29 is 18.3 Å². The molecule has 31 heavy (non-hydrogen) atoms. The van der Waals surface area contributed by atoms with E-state index < -0.39 is 12.3 Å². The summed E-state index contributed by atoms with van der Waals surface area (Å²) in [7, 11) is 3.79. The number of ether oxygens (including phenoxy) is 2. The lowest BCUT2D eigenvalue weighted by atomic mass is 9.84. The predicted molar refractivity (Wildman–Crippen MR) is 119 cm³/mol. The monoisotopic (exact) mass is 430 g/mol. The minimum absolute atomic E-state index is 0.0199. The Morgan fingerprint density at radius 3 is 2.48 bits per heavy atom. The van der Waals surface area contributed by atoms with Crippen molar-refractivity contribution in [1.29, 1.82) is 0 Å². The lowest BCUT2D eigenvalue weighted by Gasteiger charge is -2.33. The summed E-state index contributed by atoms with van der Waals surface area (Å²) in [6, 6.07) is 14.3. The molecule has 2 aromatic rings. The number of piperidine rings is 1. The average Bonchev–Trinajstić information content (AvgIpc) is 2.78. The number of likely N-dealkylation sites (tertiary alicyclic amines) is 1.